The minimum absolute atomic E-state index is 0.0795. The van der Waals surface area contributed by atoms with Crippen LogP contribution in [0.1, 0.15) is 25.3 Å². The summed E-state index contributed by atoms with van der Waals surface area (Å²) in [6.07, 6.45) is 1.58. The maximum absolute atomic E-state index is 11.9. The van der Waals surface area contributed by atoms with Gasteiger partial charge in [-0.2, -0.15) is 0 Å². The number of ether oxygens (including phenoxy) is 2. The van der Waals surface area contributed by atoms with Gasteiger partial charge in [0.2, 0.25) is 0 Å². The topological polar surface area (TPSA) is 55.8 Å². The Kier molecular flexibility index (Phi) is 2.96. The SMILES string of the molecule is CCOC(=O)C1(c2ccc(O)c(OC)c2)CC1. The second kappa shape index (κ2) is 4.28. The van der Waals surface area contributed by atoms with Crippen LogP contribution in [0.15, 0.2) is 18.2 Å². The first-order valence-corrected chi connectivity index (χ1v) is 5.69. The molecule has 0 unspecified atom stereocenters. The van der Waals surface area contributed by atoms with Crippen LogP contribution in [0.4, 0.5) is 0 Å². The molecule has 1 saturated carbocycles. The summed E-state index contributed by atoms with van der Waals surface area (Å²) in [5.74, 6) is 0.279. The summed E-state index contributed by atoms with van der Waals surface area (Å²) >= 11 is 0. The molecular weight excluding hydrogens is 220 g/mol. The lowest BCUT2D eigenvalue weighted by Crippen LogP contribution is -2.23. The summed E-state index contributed by atoms with van der Waals surface area (Å²) in [7, 11) is 1.49. The number of benzene rings is 1. The molecule has 1 fully saturated rings. The van der Waals surface area contributed by atoms with Gasteiger partial charge in [0.1, 0.15) is 0 Å². The highest BCUT2D eigenvalue weighted by molar-refractivity contribution is 5.86. The second-order valence-electron chi connectivity index (χ2n) is 4.19. The average Bonchev–Trinajstić information content (AvgIpc) is 3.11. The van der Waals surface area contributed by atoms with Gasteiger partial charge in [-0.1, -0.05) is 6.07 Å². The molecule has 92 valence electrons. The second-order valence-corrected chi connectivity index (χ2v) is 4.19. The molecule has 4 heteroatoms. The lowest BCUT2D eigenvalue weighted by molar-refractivity contribution is -0.146. The van der Waals surface area contributed by atoms with E-state index in [2.05, 4.69) is 0 Å². The van der Waals surface area contributed by atoms with Gasteiger partial charge in [-0.15, -0.1) is 0 Å². The van der Waals surface area contributed by atoms with E-state index < -0.39 is 5.41 Å². The van der Waals surface area contributed by atoms with Crippen molar-refractivity contribution < 1.29 is 19.4 Å². The van der Waals surface area contributed by atoms with Crippen LogP contribution in [0.2, 0.25) is 0 Å². The van der Waals surface area contributed by atoms with Crippen LogP contribution in [0.25, 0.3) is 0 Å². The number of carbonyl (C=O) groups is 1. The van der Waals surface area contributed by atoms with E-state index in [1.807, 2.05) is 0 Å². The standard InChI is InChI=1S/C13H16O4/c1-3-17-12(15)13(6-7-13)9-4-5-10(14)11(8-9)16-2/h4-5,8,14H,3,6-7H2,1-2H3. The fraction of sp³-hybridized carbons (Fsp3) is 0.462. The van der Waals surface area contributed by atoms with Gasteiger partial charge in [0.15, 0.2) is 11.5 Å². The smallest absolute Gasteiger partial charge is 0.316 e. The van der Waals surface area contributed by atoms with Crippen molar-refractivity contribution >= 4 is 5.97 Å². The predicted molar refractivity (Wildman–Crippen MR) is 62.2 cm³/mol. The monoisotopic (exact) mass is 236 g/mol. The van der Waals surface area contributed by atoms with Crippen molar-refractivity contribution in [3.8, 4) is 11.5 Å². The first kappa shape index (κ1) is 11.8. The molecule has 1 N–H and O–H groups in total. The zero-order valence-corrected chi connectivity index (χ0v) is 10.0. The quantitative estimate of drug-likeness (QED) is 0.812. The Morgan fingerprint density at radius 2 is 2.18 bits per heavy atom. The first-order chi connectivity index (χ1) is 8.14. The van der Waals surface area contributed by atoms with Crippen molar-refractivity contribution in [3.63, 3.8) is 0 Å². The number of hydrogen-bond donors (Lipinski definition) is 1. The summed E-state index contributed by atoms with van der Waals surface area (Å²) < 4.78 is 10.1. The summed E-state index contributed by atoms with van der Waals surface area (Å²) in [5.41, 5.74) is 0.336. The molecule has 0 aromatic heterocycles. The molecule has 0 atom stereocenters. The molecule has 0 heterocycles. The van der Waals surface area contributed by atoms with Gasteiger partial charge in [0, 0.05) is 0 Å². The Morgan fingerprint density at radius 1 is 1.47 bits per heavy atom. The lowest BCUT2D eigenvalue weighted by atomic mass is 9.95. The number of esters is 1. The number of methoxy groups -OCH3 is 1. The summed E-state index contributed by atoms with van der Waals surface area (Å²) in [5, 5.41) is 9.52. The average molecular weight is 236 g/mol. The molecule has 1 aromatic carbocycles. The van der Waals surface area contributed by atoms with E-state index in [1.54, 1.807) is 25.1 Å². The van der Waals surface area contributed by atoms with Crippen molar-refractivity contribution in [2.45, 2.75) is 25.2 Å². The minimum Gasteiger partial charge on any atom is -0.504 e. The van der Waals surface area contributed by atoms with Crippen LogP contribution in [-0.4, -0.2) is 24.8 Å². The number of phenolic OH excluding ortho intramolecular Hbond substituents is 1. The molecule has 0 spiro atoms. The molecule has 0 amide bonds. The predicted octanol–water partition coefficient (Wildman–Crippen LogP) is 2.00. The molecule has 17 heavy (non-hydrogen) atoms. The molecule has 4 nitrogen and oxygen atoms in total. The van der Waals surface area contributed by atoms with Crippen molar-refractivity contribution in [1.82, 2.24) is 0 Å². The Bertz CT molecular complexity index is 435. The van der Waals surface area contributed by atoms with Gasteiger partial charge in [-0.05, 0) is 37.5 Å². The van der Waals surface area contributed by atoms with Crippen LogP contribution >= 0.6 is 0 Å². The van der Waals surface area contributed by atoms with Crippen molar-refractivity contribution in [2.24, 2.45) is 0 Å². The Morgan fingerprint density at radius 3 is 2.71 bits per heavy atom. The van der Waals surface area contributed by atoms with Crippen LogP contribution in [0, 0.1) is 0 Å². The number of rotatable bonds is 4. The number of aromatic hydroxyl groups is 1. The molecule has 0 aliphatic heterocycles. The third kappa shape index (κ3) is 1.95. The van der Waals surface area contributed by atoms with Crippen molar-refractivity contribution in [1.29, 1.82) is 0 Å². The van der Waals surface area contributed by atoms with E-state index in [1.165, 1.54) is 7.11 Å². The van der Waals surface area contributed by atoms with Crippen LogP contribution in [0.3, 0.4) is 0 Å². The molecule has 1 aliphatic rings. The maximum atomic E-state index is 11.9. The van der Waals surface area contributed by atoms with Crippen LogP contribution in [0.5, 0.6) is 11.5 Å². The third-order valence-corrected chi connectivity index (χ3v) is 3.15. The highest BCUT2D eigenvalue weighted by atomic mass is 16.5. The maximum Gasteiger partial charge on any atom is 0.316 e. The first-order valence-electron chi connectivity index (χ1n) is 5.69. The lowest BCUT2D eigenvalue weighted by Gasteiger charge is -2.15. The molecule has 0 saturated heterocycles. The molecule has 1 aliphatic carbocycles. The molecule has 2 rings (SSSR count). The number of hydrogen-bond acceptors (Lipinski definition) is 4. The largest absolute Gasteiger partial charge is 0.504 e. The Labute approximate surface area is 100 Å². The van der Waals surface area contributed by atoms with Gasteiger partial charge < -0.3 is 14.6 Å². The van der Waals surface area contributed by atoms with Gasteiger partial charge in [0.25, 0.3) is 0 Å². The van der Waals surface area contributed by atoms with E-state index in [0.717, 1.165) is 18.4 Å². The van der Waals surface area contributed by atoms with E-state index in [4.69, 9.17) is 9.47 Å². The van der Waals surface area contributed by atoms with Gasteiger partial charge in [0.05, 0.1) is 19.1 Å². The van der Waals surface area contributed by atoms with Crippen LogP contribution < -0.4 is 4.74 Å². The van der Waals surface area contributed by atoms with Crippen molar-refractivity contribution in [3.05, 3.63) is 23.8 Å². The van der Waals surface area contributed by atoms with E-state index in [9.17, 15) is 9.90 Å². The fourth-order valence-corrected chi connectivity index (χ4v) is 1.98. The van der Waals surface area contributed by atoms with Gasteiger partial charge >= 0.3 is 5.97 Å². The summed E-state index contributed by atoms with van der Waals surface area (Å²) in [6, 6.07) is 5.01. The highest BCUT2D eigenvalue weighted by Crippen LogP contribution is 2.50. The molecular formula is C13H16O4. The van der Waals surface area contributed by atoms with Gasteiger partial charge in [-0.25, -0.2) is 0 Å². The highest BCUT2D eigenvalue weighted by Gasteiger charge is 2.52. The Balaban J connectivity index is 2.31. The minimum atomic E-state index is -0.517. The Hall–Kier alpha value is -1.71. The van der Waals surface area contributed by atoms with Crippen molar-refractivity contribution in [2.75, 3.05) is 13.7 Å². The summed E-state index contributed by atoms with van der Waals surface area (Å²) in [6.45, 7) is 2.18. The molecule has 0 bridgehead atoms. The zero-order chi connectivity index (χ0) is 12.5. The zero-order valence-electron chi connectivity index (χ0n) is 10.0. The van der Waals surface area contributed by atoms with E-state index in [0.29, 0.717) is 12.4 Å². The van der Waals surface area contributed by atoms with E-state index in [-0.39, 0.29) is 11.7 Å². The van der Waals surface area contributed by atoms with Gasteiger partial charge in [-0.3, -0.25) is 4.79 Å². The normalized spacial score (nSPS) is 16.4. The molecule has 0 radical (unpaired) electrons. The summed E-state index contributed by atoms with van der Waals surface area (Å²) in [4.78, 5) is 11.9. The van der Waals surface area contributed by atoms with E-state index >= 15 is 0 Å². The number of carbonyl (C=O) groups excluding carboxylic acids is 1. The number of phenols is 1. The molecule has 1 aromatic rings. The third-order valence-electron chi connectivity index (χ3n) is 3.15. The fourth-order valence-electron chi connectivity index (χ4n) is 1.98. The van der Waals surface area contributed by atoms with Crippen LogP contribution in [-0.2, 0) is 14.9 Å².